The van der Waals surface area contributed by atoms with Crippen molar-refractivity contribution in [2.24, 2.45) is 0 Å². The Morgan fingerprint density at radius 2 is 1.50 bits per heavy atom. The molecule has 0 saturated carbocycles. The molecule has 0 unspecified atom stereocenters. The lowest BCUT2D eigenvalue weighted by Crippen LogP contribution is -2.32. The number of benzene rings is 3. The molecule has 0 saturated heterocycles. The molecule has 0 aliphatic rings. The van der Waals surface area contributed by atoms with E-state index in [4.69, 9.17) is 4.74 Å². The lowest BCUT2D eigenvalue weighted by atomic mass is 10.1. The minimum Gasteiger partial charge on any atom is -0.449 e. The normalized spacial score (nSPS) is 12.7. The van der Waals surface area contributed by atoms with Crippen molar-refractivity contribution in [2.45, 2.75) is 44.3 Å². The van der Waals surface area contributed by atoms with E-state index in [2.05, 4.69) is 32.5 Å². The number of hydrogen-bond acceptors (Lipinski definition) is 8. The number of aromatic nitrogens is 1. The van der Waals surface area contributed by atoms with E-state index in [0.29, 0.717) is 24.3 Å². The van der Waals surface area contributed by atoms with Crippen molar-refractivity contribution in [1.29, 1.82) is 0 Å². The Kier molecular flexibility index (Phi) is 11.6. The molecular weight excluding hydrogens is 640 g/mol. The zero-order valence-electron chi connectivity index (χ0n) is 24.1. The summed E-state index contributed by atoms with van der Waals surface area (Å²) in [5.74, 6) is -5.72. The van der Waals surface area contributed by atoms with Gasteiger partial charge in [0.2, 0.25) is 0 Å². The average Bonchev–Trinajstić information content (AvgIpc) is 3.40. The van der Waals surface area contributed by atoms with Gasteiger partial charge in [0.05, 0.1) is 4.70 Å². The Morgan fingerprint density at radius 1 is 0.804 bits per heavy atom. The van der Waals surface area contributed by atoms with Crippen molar-refractivity contribution in [2.75, 3.05) is 19.6 Å². The molecule has 1 atom stereocenters. The second-order valence-electron chi connectivity index (χ2n) is 10.2. The smallest absolute Gasteiger partial charge is 0.449 e. The van der Waals surface area contributed by atoms with E-state index in [1.807, 2.05) is 42.5 Å². The standard InChI is InChI=1S/C31H29F6N3O5S/c32-30(33,34)27(41)44-23-12-11-22(26-25(23)40-29(43)46-26)24(45-28(42)31(35,36)37)18-39-15-13-20-8-4-9-21(16-20)17-38-14-5-10-19-6-2-1-3-7-19/h1-4,6-9,11-12,16,24,38-39H,5,10,13-15,17-18H2,(H,40,43)/t24-/m0/s1. The van der Waals surface area contributed by atoms with Gasteiger partial charge in [-0.25, -0.2) is 9.59 Å². The van der Waals surface area contributed by atoms with E-state index in [1.54, 1.807) is 0 Å². The number of rotatable bonds is 14. The molecule has 246 valence electrons. The third-order valence-electron chi connectivity index (χ3n) is 6.74. The van der Waals surface area contributed by atoms with Crippen LogP contribution in [0.2, 0.25) is 0 Å². The first-order valence-corrected chi connectivity index (χ1v) is 14.9. The number of ether oxygens (including phenoxy) is 2. The first-order valence-electron chi connectivity index (χ1n) is 14.1. The van der Waals surface area contributed by atoms with E-state index in [9.17, 15) is 40.7 Å². The predicted octanol–water partition coefficient (Wildman–Crippen LogP) is 5.76. The van der Waals surface area contributed by atoms with Gasteiger partial charge in [-0.15, -0.1) is 0 Å². The highest BCUT2D eigenvalue weighted by atomic mass is 32.1. The first kappa shape index (κ1) is 34.7. The van der Waals surface area contributed by atoms with Crippen LogP contribution in [0.25, 0.3) is 10.2 Å². The van der Waals surface area contributed by atoms with Gasteiger partial charge in [-0.05, 0) is 61.2 Å². The Bertz CT molecular complexity index is 1690. The Morgan fingerprint density at radius 3 is 2.22 bits per heavy atom. The Hall–Kier alpha value is -4.21. The number of aryl methyl sites for hydroxylation is 1. The van der Waals surface area contributed by atoms with Crippen LogP contribution in [0.4, 0.5) is 26.3 Å². The number of H-pyrrole nitrogens is 1. The monoisotopic (exact) mass is 669 g/mol. The molecule has 4 aromatic rings. The van der Waals surface area contributed by atoms with Gasteiger partial charge in [0.1, 0.15) is 11.6 Å². The van der Waals surface area contributed by atoms with Crippen molar-refractivity contribution in [3.05, 3.63) is 98.7 Å². The minimum atomic E-state index is -5.34. The summed E-state index contributed by atoms with van der Waals surface area (Å²) >= 11 is 0.446. The Labute approximate surface area is 262 Å². The largest absolute Gasteiger partial charge is 0.491 e. The number of carbonyl (C=O) groups is 2. The van der Waals surface area contributed by atoms with Crippen molar-refractivity contribution in [3.63, 3.8) is 0 Å². The molecule has 0 aliphatic heterocycles. The lowest BCUT2D eigenvalue weighted by molar-refractivity contribution is -0.205. The summed E-state index contributed by atoms with van der Waals surface area (Å²) in [7, 11) is 0. The fourth-order valence-corrected chi connectivity index (χ4v) is 5.50. The van der Waals surface area contributed by atoms with E-state index < -0.39 is 41.0 Å². The maximum absolute atomic E-state index is 13.1. The van der Waals surface area contributed by atoms with Gasteiger partial charge in [0.25, 0.3) is 0 Å². The van der Waals surface area contributed by atoms with Gasteiger partial charge in [-0.3, -0.25) is 4.79 Å². The molecule has 0 bridgehead atoms. The topological polar surface area (TPSA) is 110 Å². The van der Waals surface area contributed by atoms with Crippen LogP contribution in [0.1, 0.15) is 34.8 Å². The summed E-state index contributed by atoms with van der Waals surface area (Å²) in [6.07, 6.45) is -9.86. The van der Waals surface area contributed by atoms with Gasteiger partial charge < -0.3 is 25.1 Å². The molecule has 3 aromatic carbocycles. The molecule has 3 N–H and O–H groups in total. The van der Waals surface area contributed by atoms with Crippen molar-refractivity contribution < 1.29 is 45.4 Å². The molecule has 1 heterocycles. The van der Waals surface area contributed by atoms with Crippen LogP contribution in [0.3, 0.4) is 0 Å². The van der Waals surface area contributed by atoms with Crippen LogP contribution in [0.15, 0.2) is 71.5 Å². The van der Waals surface area contributed by atoms with E-state index >= 15 is 0 Å². The highest BCUT2D eigenvalue weighted by Crippen LogP contribution is 2.35. The number of halogens is 6. The van der Waals surface area contributed by atoms with E-state index in [1.165, 1.54) is 5.56 Å². The van der Waals surface area contributed by atoms with Crippen LogP contribution in [0.5, 0.6) is 5.75 Å². The maximum atomic E-state index is 13.1. The molecular formula is C31H29F6N3O5S. The highest BCUT2D eigenvalue weighted by Gasteiger charge is 2.43. The molecule has 15 heteroatoms. The zero-order chi connectivity index (χ0) is 33.3. The lowest BCUT2D eigenvalue weighted by Gasteiger charge is -2.21. The molecule has 0 amide bonds. The number of fused-ring (bicyclic) bond motifs is 1. The number of esters is 2. The highest BCUT2D eigenvalue weighted by molar-refractivity contribution is 7.16. The zero-order valence-corrected chi connectivity index (χ0v) is 24.9. The maximum Gasteiger partial charge on any atom is 0.491 e. The van der Waals surface area contributed by atoms with E-state index in [0.717, 1.165) is 42.6 Å². The van der Waals surface area contributed by atoms with Crippen LogP contribution in [0, 0.1) is 0 Å². The molecule has 46 heavy (non-hydrogen) atoms. The minimum absolute atomic E-state index is 0.101. The first-order chi connectivity index (χ1) is 21.8. The second-order valence-corrected chi connectivity index (χ2v) is 11.2. The third-order valence-corrected chi connectivity index (χ3v) is 7.67. The van der Waals surface area contributed by atoms with Crippen LogP contribution >= 0.6 is 11.3 Å². The van der Waals surface area contributed by atoms with Gasteiger partial charge in [-0.2, -0.15) is 26.3 Å². The summed E-state index contributed by atoms with van der Waals surface area (Å²) in [4.78, 5) is 36.6. The summed E-state index contributed by atoms with van der Waals surface area (Å²) in [6.45, 7) is 1.41. The number of carbonyl (C=O) groups excluding carboxylic acids is 2. The Balaban J connectivity index is 1.39. The molecule has 4 rings (SSSR count). The van der Waals surface area contributed by atoms with E-state index in [-0.39, 0.29) is 28.9 Å². The fraction of sp³-hybridized carbons (Fsp3) is 0.323. The molecule has 0 fully saturated rings. The molecule has 8 nitrogen and oxygen atoms in total. The van der Waals surface area contributed by atoms with Gasteiger partial charge in [-0.1, -0.05) is 65.9 Å². The second kappa shape index (κ2) is 15.4. The van der Waals surface area contributed by atoms with Crippen molar-refractivity contribution >= 4 is 33.5 Å². The molecule has 0 aliphatic carbocycles. The number of nitrogens with one attached hydrogen (secondary N) is 3. The number of hydrogen-bond donors (Lipinski definition) is 3. The van der Waals surface area contributed by atoms with Crippen LogP contribution in [-0.4, -0.2) is 48.9 Å². The summed E-state index contributed by atoms with van der Waals surface area (Å²) in [5.41, 5.74) is 2.80. The summed E-state index contributed by atoms with van der Waals surface area (Å²) in [5, 5.41) is 6.35. The van der Waals surface area contributed by atoms with Gasteiger partial charge >= 0.3 is 29.2 Å². The average molecular weight is 670 g/mol. The van der Waals surface area contributed by atoms with Crippen LogP contribution < -0.4 is 20.2 Å². The van der Waals surface area contributed by atoms with Crippen molar-refractivity contribution in [1.82, 2.24) is 15.6 Å². The predicted molar refractivity (Wildman–Crippen MR) is 159 cm³/mol. The number of thiazole rings is 1. The summed E-state index contributed by atoms with van der Waals surface area (Å²) in [6, 6.07) is 19.8. The third kappa shape index (κ3) is 9.89. The molecule has 0 spiro atoms. The number of alkyl halides is 6. The molecule has 1 aromatic heterocycles. The quantitative estimate of drug-likeness (QED) is 0.0679. The SMILES string of the molecule is O=C(Oc1ccc([C@H](CNCCc2cccc(CNCCCc3ccccc3)c2)OC(=O)C(F)(F)F)c2sc(=O)[nH]c12)C(F)(F)F. The fourth-order valence-electron chi connectivity index (χ4n) is 4.59. The summed E-state index contributed by atoms with van der Waals surface area (Å²) < 4.78 is 86.5. The van der Waals surface area contributed by atoms with Crippen molar-refractivity contribution in [3.8, 4) is 5.75 Å². The number of aromatic amines is 1. The van der Waals surface area contributed by atoms with Crippen LogP contribution in [-0.2, 0) is 33.7 Å². The van der Waals surface area contributed by atoms with Gasteiger partial charge in [0.15, 0.2) is 5.75 Å². The van der Waals surface area contributed by atoms with Gasteiger partial charge in [0, 0.05) is 18.7 Å². The molecule has 0 radical (unpaired) electrons.